The number of hydrogen-bond acceptors (Lipinski definition) is 7. The number of ether oxygens (including phenoxy) is 2. The number of benzene rings is 3. The first-order valence-corrected chi connectivity index (χ1v) is 9.99. The smallest absolute Gasteiger partial charge is 0.270 e. The average molecular weight is 430 g/mol. The second-order valence-electron chi connectivity index (χ2n) is 6.77. The van der Waals surface area contributed by atoms with Gasteiger partial charge in [0.25, 0.3) is 5.91 Å². The molecule has 4 aromatic rings. The fraction of sp³-hybridized carbons (Fsp3) is 0.125. The monoisotopic (exact) mass is 430 g/mol. The molecule has 8 heteroatoms. The Hall–Kier alpha value is -4.17. The number of nitrogens with one attached hydrogen (secondary N) is 1. The van der Waals surface area contributed by atoms with Crippen LogP contribution >= 0.6 is 0 Å². The fourth-order valence-electron chi connectivity index (χ4n) is 3.23. The zero-order valence-corrected chi connectivity index (χ0v) is 17.4. The second-order valence-corrected chi connectivity index (χ2v) is 6.77. The number of fused-ring (bicyclic) bond motifs is 1. The molecule has 0 bridgehead atoms. The van der Waals surface area contributed by atoms with Crippen LogP contribution in [0.1, 0.15) is 10.4 Å². The molecule has 32 heavy (non-hydrogen) atoms. The maximum absolute atomic E-state index is 13.0. The Morgan fingerprint density at radius 1 is 1.00 bits per heavy atom. The van der Waals surface area contributed by atoms with Gasteiger partial charge in [-0.25, -0.2) is 15.0 Å². The number of aliphatic hydroxyl groups excluding tert-OH is 1. The van der Waals surface area contributed by atoms with Crippen molar-refractivity contribution in [2.24, 2.45) is 0 Å². The summed E-state index contributed by atoms with van der Waals surface area (Å²) in [5.74, 6) is 1.11. The van der Waals surface area contributed by atoms with Crippen molar-refractivity contribution in [3.8, 4) is 11.5 Å². The van der Waals surface area contributed by atoms with E-state index in [0.29, 0.717) is 33.8 Å². The van der Waals surface area contributed by atoms with Crippen LogP contribution in [0.5, 0.6) is 11.5 Å². The Labute approximate surface area is 185 Å². The van der Waals surface area contributed by atoms with Gasteiger partial charge in [-0.05, 0) is 30.3 Å². The van der Waals surface area contributed by atoms with Crippen LogP contribution in [-0.2, 0) is 0 Å². The number of amides is 1. The highest BCUT2D eigenvalue weighted by molar-refractivity contribution is 5.99. The van der Waals surface area contributed by atoms with Crippen molar-refractivity contribution in [3.05, 3.63) is 84.7 Å². The Bertz CT molecular complexity index is 1200. The third-order valence-electron chi connectivity index (χ3n) is 4.72. The topological polar surface area (TPSA) is 96.8 Å². The minimum Gasteiger partial charge on any atom is -0.493 e. The van der Waals surface area contributed by atoms with E-state index in [0.717, 1.165) is 5.69 Å². The molecule has 1 heterocycles. The Kier molecular flexibility index (Phi) is 6.43. The van der Waals surface area contributed by atoms with Crippen molar-refractivity contribution < 1.29 is 19.4 Å². The molecule has 0 aliphatic carbocycles. The zero-order chi connectivity index (χ0) is 22.3. The van der Waals surface area contributed by atoms with Gasteiger partial charge < -0.3 is 14.6 Å². The predicted molar refractivity (Wildman–Crippen MR) is 121 cm³/mol. The Balaban J connectivity index is 1.81. The summed E-state index contributed by atoms with van der Waals surface area (Å²) in [4.78, 5) is 21.8. The Morgan fingerprint density at radius 3 is 2.41 bits per heavy atom. The predicted octanol–water partition coefficient (Wildman–Crippen LogP) is 3.49. The fourth-order valence-corrected chi connectivity index (χ4v) is 3.23. The number of para-hydroxylation sites is 1. The molecule has 162 valence electrons. The number of hydrogen-bond donors (Lipinski definition) is 2. The molecular weight excluding hydrogens is 408 g/mol. The molecule has 1 amide bonds. The van der Waals surface area contributed by atoms with Crippen molar-refractivity contribution >= 4 is 28.3 Å². The van der Waals surface area contributed by atoms with E-state index in [1.165, 1.54) is 13.4 Å². The van der Waals surface area contributed by atoms with E-state index >= 15 is 0 Å². The number of methoxy groups -OCH3 is 1. The van der Waals surface area contributed by atoms with E-state index in [-0.39, 0.29) is 19.1 Å². The quantitative estimate of drug-likeness (QED) is 0.413. The summed E-state index contributed by atoms with van der Waals surface area (Å²) in [5.41, 5.74) is 4.78. The first-order valence-electron chi connectivity index (χ1n) is 9.99. The van der Waals surface area contributed by atoms with Gasteiger partial charge in [0, 0.05) is 17.0 Å². The number of rotatable bonds is 8. The summed E-state index contributed by atoms with van der Waals surface area (Å²) in [6, 6.07) is 21.8. The van der Waals surface area contributed by atoms with Gasteiger partial charge in [0.15, 0.2) is 17.3 Å². The minimum atomic E-state index is -0.281. The van der Waals surface area contributed by atoms with Crippen LogP contribution < -0.4 is 19.9 Å². The summed E-state index contributed by atoms with van der Waals surface area (Å²) in [6.07, 6.45) is 1.42. The van der Waals surface area contributed by atoms with Gasteiger partial charge >= 0.3 is 0 Å². The third kappa shape index (κ3) is 4.45. The molecule has 3 aromatic carbocycles. The van der Waals surface area contributed by atoms with Crippen molar-refractivity contribution in [2.75, 3.05) is 25.3 Å². The van der Waals surface area contributed by atoms with Gasteiger partial charge in [0.1, 0.15) is 12.9 Å². The van der Waals surface area contributed by atoms with Gasteiger partial charge in [0.2, 0.25) is 0 Å². The lowest BCUT2D eigenvalue weighted by atomic mass is 10.2. The van der Waals surface area contributed by atoms with Gasteiger partial charge in [-0.3, -0.25) is 10.2 Å². The first-order chi connectivity index (χ1) is 15.7. The lowest BCUT2D eigenvalue weighted by Gasteiger charge is -2.25. The summed E-state index contributed by atoms with van der Waals surface area (Å²) in [5, 5.41) is 11.4. The van der Waals surface area contributed by atoms with Crippen molar-refractivity contribution in [3.63, 3.8) is 0 Å². The van der Waals surface area contributed by atoms with Gasteiger partial charge in [-0.15, -0.1) is 0 Å². The summed E-state index contributed by atoms with van der Waals surface area (Å²) in [6.45, 7) is 0.00655. The molecule has 0 atom stereocenters. The molecule has 8 nitrogen and oxygen atoms in total. The van der Waals surface area contributed by atoms with Crippen LogP contribution in [0, 0.1) is 0 Å². The number of aromatic nitrogens is 2. The van der Waals surface area contributed by atoms with Crippen molar-refractivity contribution in [2.45, 2.75) is 0 Å². The van der Waals surface area contributed by atoms with Crippen LogP contribution in [0.15, 0.2) is 79.1 Å². The molecule has 0 saturated heterocycles. The van der Waals surface area contributed by atoms with Crippen LogP contribution in [0.4, 0.5) is 11.5 Å². The molecule has 0 aliphatic rings. The lowest BCUT2D eigenvalue weighted by molar-refractivity contribution is 0.0953. The van der Waals surface area contributed by atoms with Gasteiger partial charge in [0.05, 0.1) is 24.9 Å². The van der Waals surface area contributed by atoms with E-state index < -0.39 is 0 Å². The number of hydrazine groups is 1. The molecule has 0 radical (unpaired) electrons. The average Bonchev–Trinajstić information content (AvgIpc) is 2.86. The van der Waals surface area contributed by atoms with Crippen LogP contribution in [0.3, 0.4) is 0 Å². The SMILES string of the molecule is COc1cc2c(N(NC(=O)c3ccccc3)c3ccccc3)ncnc2cc1OCCO. The molecule has 4 rings (SSSR count). The summed E-state index contributed by atoms with van der Waals surface area (Å²) < 4.78 is 11.0. The molecule has 0 fully saturated rings. The lowest BCUT2D eigenvalue weighted by Crippen LogP contribution is -2.39. The zero-order valence-electron chi connectivity index (χ0n) is 17.4. The number of aliphatic hydroxyl groups is 1. The van der Waals surface area contributed by atoms with Crippen LogP contribution in [0.2, 0.25) is 0 Å². The van der Waals surface area contributed by atoms with Gasteiger partial charge in [-0.1, -0.05) is 36.4 Å². The van der Waals surface area contributed by atoms with Crippen LogP contribution in [0.25, 0.3) is 10.9 Å². The number of carbonyl (C=O) groups excluding carboxylic acids is 1. The first kappa shape index (κ1) is 21.1. The molecule has 2 N–H and O–H groups in total. The largest absolute Gasteiger partial charge is 0.493 e. The molecule has 0 aliphatic heterocycles. The molecule has 0 saturated carbocycles. The maximum atomic E-state index is 13.0. The normalized spacial score (nSPS) is 10.6. The summed E-state index contributed by atoms with van der Waals surface area (Å²) in [7, 11) is 1.53. The van der Waals surface area contributed by atoms with E-state index in [2.05, 4.69) is 15.4 Å². The standard InChI is InChI=1S/C24H22N4O4/c1-31-21-14-19-20(15-22(21)32-13-12-29)25-16-26-23(19)28(18-10-6-3-7-11-18)27-24(30)17-8-4-2-5-9-17/h2-11,14-16,29H,12-13H2,1H3,(H,27,30). The molecule has 0 unspecified atom stereocenters. The van der Waals surface area contributed by atoms with E-state index in [1.807, 2.05) is 36.4 Å². The van der Waals surface area contributed by atoms with E-state index in [4.69, 9.17) is 14.6 Å². The minimum absolute atomic E-state index is 0.122. The summed E-state index contributed by atoms with van der Waals surface area (Å²) >= 11 is 0. The molecule has 0 spiro atoms. The van der Waals surface area contributed by atoms with Gasteiger partial charge in [-0.2, -0.15) is 0 Å². The highest BCUT2D eigenvalue weighted by atomic mass is 16.5. The van der Waals surface area contributed by atoms with Crippen molar-refractivity contribution in [1.29, 1.82) is 0 Å². The maximum Gasteiger partial charge on any atom is 0.270 e. The molecular formula is C24H22N4O4. The highest BCUT2D eigenvalue weighted by Crippen LogP contribution is 2.36. The second kappa shape index (κ2) is 9.76. The Morgan fingerprint density at radius 2 is 1.72 bits per heavy atom. The number of nitrogens with zero attached hydrogens (tertiary/aromatic N) is 3. The van der Waals surface area contributed by atoms with Crippen molar-refractivity contribution in [1.82, 2.24) is 15.4 Å². The number of anilines is 2. The van der Waals surface area contributed by atoms with Crippen LogP contribution in [-0.4, -0.2) is 41.3 Å². The van der Waals surface area contributed by atoms with E-state index in [1.54, 1.807) is 41.4 Å². The third-order valence-corrected chi connectivity index (χ3v) is 4.72. The van der Waals surface area contributed by atoms with E-state index in [9.17, 15) is 4.79 Å². The number of carbonyl (C=O) groups is 1. The molecule has 1 aromatic heterocycles. The highest BCUT2D eigenvalue weighted by Gasteiger charge is 2.20.